The first-order valence-electron chi connectivity index (χ1n) is 8.76. The fraction of sp³-hybridized carbons (Fsp3) is 0.450. The molecular formula is C20H24N2O4. The molecule has 0 radical (unpaired) electrons. The molecule has 1 aliphatic carbocycles. The summed E-state index contributed by atoms with van der Waals surface area (Å²) in [7, 11) is 1.65. The Morgan fingerprint density at radius 2 is 1.96 bits per heavy atom. The molecule has 0 fully saturated rings. The molecule has 0 atom stereocenters. The Hall–Kier alpha value is -2.47. The van der Waals surface area contributed by atoms with E-state index in [1.165, 1.54) is 4.90 Å². The van der Waals surface area contributed by atoms with Gasteiger partial charge in [0.2, 0.25) is 0 Å². The molecule has 0 aliphatic heterocycles. The Labute approximate surface area is 152 Å². The van der Waals surface area contributed by atoms with Gasteiger partial charge >= 0.3 is 0 Å². The van der Waals surface area contributed by atoms with Gasteiger partial charge in [-0.15, -0.1) is 0 Å². The lowest BCUT2D eigenvalue weighted by molar-refractivity contribution is 0.0766. The van der Waals surface area contributed by atoms with E-state index >= 15 is 0 Å². The van der Waals surface area contributed by atoms with Gasteiger partial charge in [0, 0.05) is 32.0 Å². The van der Waals surface area contributed by atoms with Crippen molar-refractivity contribution in [1.82, 2.24) is 10.1 Å². The number of fused-ring (bicyclic) bond motifs is 1. The van der Waals surface area contributed by atoms with E-state index in [1.54, 1.807) is 19.2 Å². The van der Waals surface area contributed by atoms with Crippen LogP contribution in [-0.4, -0.2) is 47.1 Å². The number of rotatable bonds is 5. The second kappa shape index (κ2) is 7.03. The summed E-state index contributed by atoms with van der Waals surface area (Å²) >= 11 is 0. The van der Waals surface area contributed by atoms with Gasteiger partial charge in [-0.3, -0.25) is 9.59 Å². The van der Waals surface area contributed by atoms with Gasteiger partial charge in [-0.1, -0.05) is 31.1 Å². The Balaban J connectivity index is 1.76. The summed E-state index contributed by atoms with van der Waals surface area (Å²) in [5.41, 5.74) is 2.80. The van der Waals surface area contributed by atoms with Crippen LogP contribution in [0.4, 0.5) is 0 Å². The van der Waals surface area contributed by atoms with Crippen molar-refractivity contribution in [3.8, 4) is 0 Å². The van der Waals surface area contributed by atoms with Crippen molar-refractivity contribution in [2.75, 3.05) is 20.2 Å². The van der Waals surface area contributed by atoms with Gasteiger partial charge < -0.3 is 14.5 Å². The molecule has 2 aromatic rings. The van der Waals surface area contributed by atoms with Crippen LogP contribution in [0.15, 0.2) is 28.8 Å². The maximum Gasteiger partial charge on any atom is 0.253 e. The molecule has 0 unspecified atom stereocenters. The van der Waals surface area contributed by atoms with Gasteiger partial charge in [0.15, 0.2) is 11.5 Å². The van der Waals surface area contributed by atoms with Crippen molar-refractivity contribution in [1.29, 1.82) is 0 Å². The van der Waals surface area contributed by atoms with Crippen molar-refractivity contribution in [3.63, 3.8) is 0 Å². The van der Waals surface area contributed by atoms with Crippen molar-refractivity contribution in [2.45, 2.75) is 33.1 Å². The van der Waals surface area contributed by atoms with Crippen LogP contribution in [-0.2, 0) is 12.8 Å². The molecule has 1 N–H and O–H groups in total. The van der Waals surface area contributed by atoms with Gasteiger partial charge in [-0.05, 0) is 29.5 Å². The first kappa shape index (κ1) is 18.3. The van der Waals surface area contributed by atoms with Crippen molar-refractivity contribution in [3.05, 3.63) is 52.4 Å². The van der Waals surface area contributed by atoms with Crippen LogP contribution in [0, 0.1) is 5.41 Å². The van der Waals surface area contributed by atoms with E-state index in [-0.39, 0.29) is 23.7 Å². The zero-order valence-corrected chi connectivity index (χ0v) is 15.4. The van der Waals surface area contributed by atoms with Gasteiger partial charge in [-0.2, -0.15) is 0 Å². The Kier molecular flexibility index (Phi) is 4.96. The molecular weight excluding hydrogens is 332 g/mol. The molecule has 1 amide bonds. The maximum atomic E-state index is 12.5. The van der Waals surface area contributed by atoms with E-state index in [0.29, 0.717) is 36.3 Å². The highest BCUT2D eigenvalue weighted by molar-refractivity contribution is 5.99. The first-order valence-corrected chi connectivity index (χ1v) is 8.76. The minimum absolute atomic E-state index is 0.0677. The van der Waals surface area contributed by atoms with Crippen LogP contribution >= 0.6 is 0 Å². The molecule has 6 heteroatoms. The molecule has 1 heterocycles. The summed E-state index contributed by atoms with van der Waals surface area (Å²) in [6.07, 6.45) is 1.70. The summed E-state index contributed by atoms with van der Waals surface area (Å²) in [5, 5.41) is 13.0. The minimum Gasteiger partial charge on any atom is -0.395 e. The van der Waals surface area contributed by atoms with Crippen LogP contribution in [0.2, 0.25) is 0 Å². The van der Waals surface area contributed by atoms with Crippen LogP contribution in [0.1, 0.15) is 58.0 Å². The lowest BCUT2D eigenvalue weighted by Gasteiger charge is -2.26. The fourth-order valence-corrected chi connectivity index (χ4v) is 3.38. The minimum atomic E-state index is -0.139. The highest BCUT2D eigenvalue weighted by Crippen LogP contribution is 2.36. The van der Waals surface area contributed by atoms with E-state index in [4.69, 9.17) is 9.63 Å². The van der Waals surface area contributed by atoms with Gasteiger partial charge in [0.05, 0.1) is 17.9 Å². The zero-order valence-electron chi connectivity index (χ0n) is 15.4. The number of hydrogen-bond acceptors (Lipinski definition) is 5. The molecule has 6 nitrogen and oxygen atoms in total. The molecule has 3 rings (SSSR count). The molecule has 138 valence electrons. The quantitative estimate of drug-likeness (QED) is 0.890. The number of aliphatic hydroxyl groups excluding tert-OH is 1. The Morgan fingerprint density at radius 1 is 1.27 bits per heavy atom. The average Bonchev–Trinajstić information content (AvgIpc) is 2.96. The predicted molar refractivity (Wildman–Crippen MR) is 96.2 cm³/mol. The largest absolute Gasteiger partial charge is 0.395 e. The molecule has 0 saturated carbocycles. The molecule has 0 saturated heterocycles. The van der Waals surface area contributed by atoms with E-state index in [2.05, 4.69) is 19.0 Å². The first-order chi connectivity index (χ1) is 12.3. The van der Waals surface area contributed by atoms with E-state index in [0.717, 1.165) is 17.7 Å². The number of Topliss-reactive ketones (excluding diaryl/α,β-unsaturated/α-hetero) is 1. The zero-order chi connectivity index (χ0) is 18.9. The number of nitrogens with zero attached hydrogens (tertiary/aromatic N) is 2. The third-order valence-electron chi connectivity index (χ3n) is 4.75. The van der Waals surface area contributed by atoms with Crippen molar-refractivity contribution >= 4 is 11.7 Å². The number of carbonyl (C=O) groups excluding carboxylic acids is 2. The lowest BCUT2D eigenvalue weighted by Crippen LogP contribution is -2.29. The molecule has 1 aromatic heterocycles. The number of carbonyl (C=O) groups is 2. The summed E-state index contributed by atoms with van der Waals surface area (Å²) in [6, 6.07) is 7.21. The average molecular weight is 356 g/mol. The smallest absolute Gasteiger partial charge is 0.253 e. The SMILES string of the molecule is CN(CCO)C(=O)c1ccc(Cc2onc3c2C(=O)CC(C)(C)C3)cc1. The summed E-state index contributed by atoms with van der Waals surface area (Å²) in [5.74, 6) is 0.543. The highest BCUT2D eigenvalue weighted by Gasteiger charge is 2.35. The predicted octanol–water partition coefficient (Wildman–Crippen LogP) is 2.48. The monoisotopic (exact) mass is 356 g/mol. The van der Waals surface area contributed by atoms with Gasteiger partial charge in [-0.25, -0.2) is 0 Å². The molecule has 0 spiro atoms. The molecule has 26 heavy (non-hydrogen) atoms. The van der Waals surface area contributed by atoms with E-state index < -0.39 is 0 Å². The number of hydrogen-bond donors (Lipinski definition) is 1. The number of likely N-dealkylation sites (N-methyl/N-ethyl adjacent to an activating group) is 1. The number of ketones is 1. The van der Waals surface area contributed by atoms with Crippen LogP contribution in [0.3, 0.4) is 0 Å². The number of amides is 1. The molecule has 0 bridgehead atoms. The number of aromatic nitrogens is 1. The second-order valence-electron chi connectivity index (χ2n) is 7.69. The summed E-state index contributed by atoms with van der Waals surface area (Å²) < 4.78 is 5.46. The van der Waals surface area contributed by atoms with Crippen LogP contribution in [0.5, 0.6) is 0 Å². The maximum absolute atomic E-state index is 12.5. The third-order valence-corrected chi connectivity index (χ3v) is 4.75. The Morgan fingerprint density at radius 3 is 2.62 bits per heavy atom. The normalized spacial score (nSPS) is 15.6. The topological polar surface area (TPSA) is 83.6 Å². The van der Waals surface area contributed by atoms with Crippen molar-refractivity contribution in [2.24, 2.45) is 5.41 Å². The van der Waals surface area contributed by atoms with E-state index in [1.807, 2.05) is 12.1 Å². The standard InChI is InChI=1S/C20H24N2O4/c1-20(2)11-15-18(16(24)12-20)17(26-21-15)10-13-4-6-14(7-5-13)19(25)22(3)8-9-23/h4-7,23H,8-12H2,1-3H3. The summed E-state index contributed by atoms with van der Waals surface area (Å²) in [4.78, 5) is 26.2. The molecule has 1 aromatic carbocycles. The fourth-order valence-electron chi connectivity index (χ4n) is 3.38. The highest BCUT2D eigenvalue weighted by atomic mass is 16.5. The number of aliphatic hydroxyl groups is 1. The summed E-state index contributed by atoms with van der Waals surface area (Å²) in [6.45, 7) is 4.35. The molecule has 1 aliphatic rings. The van der Waals surface area contributed by atoms with Crippen molar-refractivity contribution < 1.29 is 19.2 Å². The second-order valence-corrected chi connectivity index (χ2v) is 7.69. The van der Waals surface area contributed by atoms with Gasteiger partial charge in [0.1, 0.15) is 0 Å². The third kappa shape index (κ3) is 3.70. The van der Waals surface area contributed by atoms with Crippen LogP contribution < -0.4 is 0 Å². The lowest BCUT2D eigenvalue weighted by atomic mass is 9.75. The van der Waals surface area contributed by atoms with E-state index in [9.17, 15) is 9.59 Å². The Bertz CT molecular complexity index is 821. The number of benzene rings is 1. The van der Waals surface area contributed by atoms with Crippen LogP contribution in [0.25, 0.3) is 0 Å². The van der Waals surface area contributed by atoms with Gasteiger partial charge in [0.25, 0.3) is 5.91 Å².